The Labute approximate surface area is 169 Å². The quantitative estimate of drug-likeness (QED) is 0.296. The molecule has 0 radical (unpaired) electrons. The second kappa shape index (κ2) is 13.1. The molecule has 0 spiro atoms. The van der Waals surface area contributed by atoms with Gasteiger partial charge < -0.3 is 9.64 Å². The van der Waals surface area contributed by atoms with Gasteiger partial charge in [-0.3, -0.25) is 10.1 Å². The SMILES string of the molecule is CCCC(CC)CN(CC(CC)CCC)C(=O)OCc1ccccc1[N+](=O)[O-]. The molecule has 6 heteroatoms. The number of rotatable bonds is 13. The number of benzene rings is 1. The first-order valence-corrected chi connectivity index (χ1v) is 10.6. The van der Waals surface area contributed by atoms with Gasteiger partial charge in [-0.15, -0.1) is 0 Å². The lowest BCUT2D eigenvalue weighted by Gasteiger charge is -2.29. The zero-order valence-corrected chi connectivity index (χ0v) is 17.9. The molecule has 0 aliphatic carbocycles. The number of hydrogen-bond donors (Lipinski definition) is 0. The lowest BCUT2D eigenvalue weighted by Crippen LogP contribution is -2.39. The maximum Gasteiger partial charge on any atom is 0.410 e. The van der Waals surface area contributed by atoms with Gasteiger partial charge in [0.25, 0.3) is 5.69 Å². The van der Waals surface area contributed by atoms with E-state index in [4.69, 9.17) is 4.74 Å². The number of carbonyl (C=O) groups is 1. The van der Waals surface area contributed by atoms with E-state index in [2.05, 4.69) is 27.7 Å². The number of ether oxygens (including phenoxy) is 1. The molecule has 6 nitrogen and oxygen atoms in total. The first kappa shape index (κ1) is 23.9. The van der Waals surface area contributed by atoms with Crippen molar-refractivity contribution < 1.29 is 14.5 Å². The van der Waals surface area contributed by atoms with Crippen LogP contribution in [0.2, 0.25) is 0 Å². The Hall–Kier alpha value is -2.11. The Morgan fingerprint density at radius 2 is 1.57 bits per heavy atom. The van der Waals surface area contributed by atoms with Crippen LogP contribution in [0.5, 0.6) is 0 Å². The van der Waals surface area contributed by atoms with Crippen LogP contribution in [0.1, 0.15) is 71.8 Å². The van der Waals surface area contributed by atoms with Gasteiger partial charge in [-0.05, 0) is 30.7 Å². The molecule has 0 bridgehead atoms. The number of hydrogen-bond acceptors (Lipinski definition) is 4. The van der Waals surface area contributed by atoms with Crippen LogP contribution in [0.3, 0.4) is 0 Å². The molecule has 0 aliphatic heterocycles. The fourth-order valence-corrected chi connectivity index (χ4v) is 3.55. The summed E-state index contributed by atoms with van der Waals surface area (Å²) < 4.78 is 5.51. The van der Waals surface area contributed by atoms with Gasteiger partial charge in [0.15, 0.2) is 0 Å². The van der Waals surface area contributed by atoms with Crippen LogP contribution in [0.25, 0.3) is 0 Å². The van der Waals surface area contributed by atoms with E-state index in [1.165, 1.54) is 6.07 Å². The van der Waals surface area contributed by atoms with E-state index in [1.807, 2.05) is 4.90 Å². The van der Waals surface area contributed by atoms with Crippen molar-refractivity contribution in [1.82, 2.24) is 4.90 Å². The number of nitro groups is 1. The van der Waals surface area contributed by atoms with Crippen molar-refractivity contribution in [2.24, 2.45) is 11.8 Å². The largest absolute Gasteiger partial charge is 0.444 e. The molecule has 0 N–H and O–H groups in total. The fraction of sp³-hybridized carbons (Fsp3) is 0.682. The minimum atomic E-state index is -0.441. The molecule has 0 fully saturated rings. The van der Waals surface area contributed by atoms with Crippen LogP contribution in [0.4, 0.5) is 10.5 Å². The first-order chi connectivity index (χ1) is 13.5. The van der Waals surface area contributed by atoms with Crippen LogP contribution >= 0.6 is 0 Å². The molecule has 1 amide bonds. The van der Waals surface area contributed by atoms with Crippen LogP contribution in [-0.2, 0) is 11.3 Å². The lowest BCUT2D eigenvalue weighted by atomic mass is 9.97. The van der Waals surface area contributed by atoms with Gasteiger partial charge in [-0.1, -0.05) is 65.5 Å². The van der Waals surface area contributed by atoms with E-state index in [9.17, 15) is 14.9 Å². The second-order valence-corrected chi connectivity index (χ2v) is 7.47. The molecule has 28 heavy (non-hydrogen) atoms. The summed E-state index contributed by atoms with van der Waals surface area (Å²) in [5.41, 5.74) is 0.402. The highest BCUT2D eigenvalue weighted by molar-refractivity contribution is 5.67. The number of nitrogens with zero attached hydrogens (tertiary/aromatic N) is 2. The normalized spacial score (nSPS) is 13.0. The van der Waals surface area contributed by atoms with Gasteiger partial charge >= 0.3 is 6.09 Å². The summed E-state index contributed by atoms with van der Waals surface area (Å²) >= 11 is 0. The predicted molar refractivity (Wildman–Crippen MR) is 112 cm³/mol. The van der Waals surface area contributed by atoms with E-state index in [1.54, 1.807) is 18.2 Å². The third kappa shape index (κ3) is 7.87. The molecule has 0 saturated heterocycles. The Balaban J connectivity index is 2.86. The predicted octanol–water partition coefficient (Wildman–Crippen LogP) is 6.19. The summed E-state index contributed by atoms with van der Waals surface area (Å²) in [6.45, 7) is 9.90. The van der Waals surface area contributed by atoms with Crippen LogP contribution in [0.15, 0.2) is 24.3 Å². The Morgan fingerprint density at radius 1 is 1.04 bits per heavy atom. The summed E-state index contributed by atoms with van der Waals surface area (Å²) in [5, 5.41) is 11.2. The lowest BCUT2D eigenvalue weighted by molar-refractivity contribution is -0.385. The van der Waals surface area contributed by atoms with Crippen molar-refractivity contribution in [3.05, 3.63) is 39.9 Å². The highest BCUT2D eigenvalue weighted by atomic mass is 16.6. The van der Waals surface area contributed by atoms with Crippen molar-refractivity contribution in [3.63, 3.8) is 0 Å². The molecule has 1 aromatic rings. The Bertz CT molecular complexity index is 590. The molecule has 0 heterocycles. The third-order valence-corrected chi connectivity index (χ3v) is 5.30. The summed E-state index contributed by atoms with van der Waals surface area (Å²) in [4.78, 5) is 25.4. The Morgan fingerprint density at radius 3 is 2.04 bits per heavy atom. The maximum absolute atomic E-state index is 12.8. The molecule has 0 saturated carbocycles. The molecule has 158 valence electrons. The van der Waals surface area contributed by atoms with E-state index in [0.29, 0.717) is 30.5 Å². The Kier molecular flexibility index (Phi) is 11.2. The van der Waals surface area contributed by atoms with E-state index in [0.717, 1.165) is 38.5 Å². The molecular weight excluding hydrogens is 356 g/mol. The molecular formula is C22H36N2O4. The molecule has 1 aromatic carbocycles. The first-order valence-electron chi connectivity index (χ1n) is 10.6. The smallest absolute Gasteiger partial charge is 0.410 e. The molecule has 2 atom stereocenters. The van der Waals surface area contributed by atoms with Crippen molar-refractivity contribution in [2.75, 3.05) is 13.1 Å². The minimum absolute atomic E-state index is 0.0170. The highest BCUT2D eigenvalue weighted by Gasteiger charge is 2.23. The number of amides is 1. The molecule has 1 rings (SSSR count). The van der Waals surface area contributed by atoms with Crippen LogP contribution < -0.4 is 0 Å². The van der Waals surface area contributed by atoms with E-state index < -0.39 is 4.92 Å². The molecule has 0 aromatic heterocycles. The number of para-hydroxylation sites is 1. The van der Waals surface area contributed by atoms with Crippen molar-refractivity contribution in [2.45, 2.75) is 72.8 Å². The zero-order chi connectivity index (χ0) is 20.9. The van der Waals surface area contributed by atoms with Gasteiger partial charge in [0.05, 0.1) is 10.5 Å². The van der Waals surface area contributed by atoms with Crippen molar-refractivity contribution in [1.29, 1.82) is 0 Å². The second-order valence-electron chi connectivity index (χ2n) is 7.47. The van der Waals surface area contributed by atoms with Crippen molar-refractivity contribution >= 4 is 11.8 Å². The van der Waals surface area contributed by atoms with Crippen LogP contribution in [-0.4, -0.2) is 29.0 Å². The summed E-state index contributed by atoms with van der Waals surface area (Å²) in [6, 6.07) is 6.40. The average molecular weight is 393 g/mol. The van der Waals surface area contributed by atoms with Gasteiger partial charge in [0.2, 0.25) is 0 Å². The van der Waals surface area contributed by atoms with Crippen molar-refractivity contribution in [3.8, 4) is 0 Å². The summed E-state index contributed by atoms with van der Waals surface area (Å²) in [5.74, 6) is 0.894. The third-order valence-electron chi connectivity index (χ3n) is 5.30. The monoisotopic (exact) mass is 392 g/mol. The standard InChI is InChI=1S/C22H36N2O4/c1-5-11-18(7-3)15-23(16-19(8-4)12-6-2)22(25)28-17-20-13-9-10-14-21(20)24(26)27/h9-10,13-14,18-19H,5-8,11-12,15-17H2,1-4H3. The number of carbonyl (C=O) groups excluding carboxylic acids is 1. The van der Waals surface area contributed by atoms with Gasteiger partial charge in [-0.2, -0.15) is 0 Å². The van der Waals surface area contributed by atoms with Gasteiger partial charge in [-0.25, -0.2) is 4.79 Å². The van der Waals surface area contributed by atoms with Crippen LogP contribution in [0, 0.1) is 22.0 Å². The van der Waals surface area contributed by atoms with Gasteiger partial charge in [0.1, 0.15) is 6.61 Å². The summed E-state index contributed by atoms with van der Waals surface area (Å²) in [6.07, 6.45) is 6.00. The van der Waals surface area contributed by atoms with E-state index in [-0.39, 0.29) is 18.4 Å². The highest BCUT2D eigenvalue weighted by Crippen LogP contribution is 2.21. The van der Waals surface area contributed by atoms with E-state index >= 15 is 0 Å². The summed E-state index contributed by atoms with van der Waals surface area (Å²) in [7, 11) is 0. The number of nitro benzene ring substituents is 1. The topological polar surface area (TPSA) is 72.7 Å². The fourth-order valence-electron chi connectivity index (χ4n) is 3.55. The maximum atomic E-state index is 12.8. The average Bonchev–Trinajstić information content (AvgIpc) is 2.70. The minimum Gasteiger partial charge on any atom is -0.444 e. The molecule has 2 unspecified atom stereocenters. The molecule has 0 aliphatic rings. The van der Waals surface area contributed by atoms with Gasteiger partial charge in [0, 0.05) is 19.2 Å². The zero-order valence-electron chi connectivity index (χ0n) is 17.9.